The molecule has 4 nitrogen and oxygen atoms in total. The number of carbonyl (C=O) groups is 2. The van der Waals surface area contributed by atoms with Crippen molar-refractivity contribution in [3.8, 4) is 0 Å². The lowest BCUT2D eigenvalue weighted by atomic mass is 9.64. The number of pyridine rings is 1. The minimum absolute atomic E-state index is 0.00187. The second-order valence-corrected chi connectivity index (χ2v) is 3.97. The van der Waals surface area contributed by atoms with Gasteiger partial charge in [-0.05, 0) is 18.6 Å². The SMILES string of the molecule is Cc1ccc(C2(C(=O)O)CC(=O)C2)cn1. The summed E-state index contributed by atoms with van der Waals surface area (Å²) in [6, 6.07) is 3.51. The van der Waals surface area contributed by atoms with Crippen molar-refractivity contribution in [3.63, 3.8) is 0 Å². The van der Waals surface area contributed by atoms with Gasteiger partial charge in [0.1, 0.15) is 11.2 Å². The predicted octanol–water partition coefficient (Wildman–Crippen LogP) is 1.08. The van der Waals surface area contributed by atoms with E-state index in [-0.39, 0.29) is 18.6 Å². The Balaban J connectivity index is 2.38. The maximum atomic E-state index is 11.2. The predicted molar refractivity (Wildman–Crippen MR) is 52.5 cm³/mol. The number of carbonyl (C=O) groups excluding carboxylic acids is 1. The first kappa shape index (κ1) is 9.83. The molecule has 0 aliphatic heterocycles. The van der Waals surface area contributed by atoms with Crippen LogP contribution in [-0.2, 0) is 15.0 Å². The average molecular weight is 205 g/mol. The molecule has 1 N–H and O–H groups in total. The summed E-state index contributed by atoms with van der Waals surface area (Å²) in [6.45, 7) is 1.84. The number of aromatic nitrogens is 1. The first-order valence-electron chi connectivity index (χ1n) is 4.73. The fourth-order valence-corrected chi connectivity index (χ4v) is 1.85. The summed E-state index contributed by atoms with van der Waals surface area (Å²) < 4.78 is 0. The second kappa shape index (κ2) is 3.15. The lowest BCUT2D eigenvalue weighted by Crippen LogP contribution is -2.48. The zero-order valence-corrected chi connectivity index (χ0v) is 8.36. The Morgan fingerprint density at radius 2 is 2.13 bits per heavy atom. The van der Waals surface area contributed by atoms with Crippen molar-refractivity contribution in [1.29, 1.82) is 0 Å². The van der Waals surface area contributed by atoms with E-state index in [1.54, 1.807) is 18.3 Å². The minimum atomic E-state index is -1.02. The molecule has 0 amide bonds. The monoisotopic (exact) mass is 205 g/mol. The average Bonchev–Trinajstić information content (AvgIpc) is 2.13. The molecule has 1 fully saturated rings. The first-order valence-corrected chi connectivity index (χ1v) is 4.73. The molecule has 1 aromatic rings. The van der Waals surface area contributed by atoms with Gasteiger partial charge in [0, 0.05) is 24.7 Å². The fraction of sp³-hybridized carbons (Fsp3) is 0.364. The van der Waals surface area contributed by atoms with E-state index in [1.807, 2.05) is 6.92 Å². The zero-order valence-electron chi connectivity index (χ0n) is 8.36. The number of aryl methyl sites for hydroxylation is 1. The Kier molecular flexibility index (Phi) is 2.07. The van der Waals surface area contributed by atoms with Gasteiger partial charge in [-0.3, -0.25) is 14.6 Å². The zero-order chi connectivity index (χ0) is 11.1. The van der Waals surface area contributed by atoms with E-state index in [0.29, 0.717) is 5.56 Å². The largest absolute Gasteiger partial charge is 0.481 e. The molecule has 1 heterocycles. The van der Waals surface area contributed by atoms with Crippen LogP contribution in [0.4, 0.5) is 0 Å². The molecule has 2 rings (SSSR count). The van der Waals surface area contributed by atoms with Crippen molar-refractivity contribution >= 4 is 11.8 Å². The molecule has 1 aliphatic rings. The first-order chi connectivity index (χ1) is 7.04. The molecule has 0 bridgehead atoms. The molecule has 4 heteroatoms. The highest BCUT2D eigenvalue weighted by atomic mass is 16.4. The number of nitrogens with zero attached hydrogens (tertiary/aromatic N) is 1. The molecule has 0 saturated heterocycles. The highest BCUT2D eigenvalue weighted by Gasteiger charge is 2.51. The molecule has 78 valence electrons. The van der Waals surface area contributed by atoms with Crippen molar-refractivity contribution in [2.45, 2.75) is 25.2 Å². The van der Waals surface area contributed by atoms with Gasteiger partial charge in [0.25, 0.3) is 0 Å². The minimum Gasteiger partial charge on any atom is -0.481 e. The van der Waals surface area contributed by atoms with Crippen LogP contribution in [-0.4, -0.2) is 21.8 Å². The van der Waals surface area contributed by atoms with Crippen LogP contribution in [0, 0.1) is 6.92 Å². The molecule has 0 spiro atoms. The summed E-state index contributed by atoms with van der Waals surface area (Å²) in [4.78, 5) is 26.2. The number of hydrogen-bond acceptors (Lipinski definition) is 3. The Hall–Kier alpha value is -1.71. The normalized spacial score (nSPS) is 18.3. The van der Waals surface area contributed by atoms with Gasteiger partial charge in [0.15, 0.2) is 0 Å². The van der Waals surface area contributed by atoms with Crippen LogP contribution in [0.15, 0.2) is 18.3 Å². The van der Waals surface area contributed by atoms with Crippen LogP contribution in [0.25, 0.3) is 0 Å². The van der Waals surface area contributed by atoms with E-state index in [1.165, 1.54) is 0 Å². The number of carboxylic acid groups (broad SMARTS) is 1. The van der Waals surface area contributed by atoms with Gasteiger partial charge < -0.3 is 5.11 Å². The van der Waals surface area contributed by atoms with Gasteiger partial charge in [0.05, 0.1) is 0 Å². The van der Waals surface area contributed by atoms with Gasteiger partial charge >= 0.3 is 5.97 Å². The standard InChI is InChI=1S/C11H11NO3/c1-7-2-3-8(6-12-7)11(10(14)15)4-9(13)5-11/h2-3,6H,4-5H2,1H3,(H,14,15). The van der Waals surface area contributed by atoms with E-state index in [9.17, 15) is 9.59 Å². The number of hydrogen-bond donors (Lipinski definition) is 1. The summed E-state index contributed by atoms with van der Waals surface area (Å²) >= 11 is 0. The second-order valence-electron chi connectivity index (χ2n) is 3.97. The number of Topliss-reactive ketones (excluding diaryl/α,β-unsaturated/α-hetero) is 1. The van der Waals surface area contributed by atoms with Crippen LogP contribution in [0.1, 0.15) is 24.1 Å². The van der Waals surface area contributed by atoms with Gasteiger partial charge in [-0.15, -0.1) is 0 Å². The quantitative estimate of drug-likeness (QED) is 0.784. The Bertz CT molecular complexity index is 414. The number of ketones is 1. The number of carboxylic acids is 1. The van der Waals surface area contributed by atoms with Crippen LogP contribution >= 0.6 is 0 Å². The summed E-state index contributed by atoms with van der Waals surface area (Å²) in [5, 5.41) is 9.14. The maximum Gasteiger partial charge on any atom is 0.315 e. The van der Waals surface area contributed by atoms with Crippen molar-refractivity contribution in [1.82, 2.24) is 4.98 Å². The third kappa shape index (κ3) is 1.42. The lowest BCUT2D eigenvalue weighted by molar-refractivity contribution is -0.153. The van der Waals surface area contributed by atoms with E-state index in [0.717, 1.165) is 5.69 Å². The van der Waals surface area contributed by atoms with Gasteiger partial charge in [0.2, 0.25) is 0 Å². The highest BCUT2D eigenvalue weighted by molar-refractivity contribution is 6.01. The molecule has 1 saturated carbocycles. The number of rotatable bonds is 2. The third-order valence-corrected chi connectivity index (χ3v) is 2.87. The molecule has 0 unspecified atom stereocenters. The van der Waals surface area contributed by atoms with Crippen LogP contribution in [0.5, 0.6) is 0 Å². The van der Waals surface area contributed by atoms with E-state index >= 15 is 0 Å². The maximum absolute atomic E-state index is 11.2. The molecule has 1 aliphatic carbocycles. The summed E-state index contributed by atoms with van der Waals surface area (Å²) in [5.41, 5.74) is 0.447. The van der Waals surface area contributed by atoms with E-state index in [2.05, 4.69) is 4.98 Å². The van der Waals surface area contributed by atoms with Crippen molar-refractivity contribution < 1.29 is 14.7 Å². The van der Waals surface area contributed by atoms with Crippen LogP contribution in [0.3, 0.4) is 0 Å². The Labute approximate surface area is 87.0 Å². The Morgan fingerprint density at radius 3 is 2.53 bits per heavy atom. The van der Waals surface area contributed by atoms with Crippen molar-refractivity contribution in [3.05, 3.63) is 29.6 Å². The molecule has 0 atom stereocenters. The molecule has 1 aromatic heterocycles. The van der Waals surface area contributed by atoms with Gasteiger partial charge in [-0.2, -0.15) is 0 Å². The van der Waals surface area contributed by atoms with E-state index < -0.39 is 11.4 Å². The van der Waals surface area contributed by atoms with Gasteiger partial charge in [-0.25, -0.2) is 0 Å². The lowest BCUT2D eigenvalue weighted by Gasteiger charge is -2.36. The third-order valence-electron chi connectivity index (χ3n) is 2.87. The summed E-state index contributed by atoms with van der Waals surface area (Å²) in [6.07, 6.45) is 1.73. The van der Waals surface area contributed by atoms with Crippen LogP contribution < -0.4 is 0 Å². The highest BCUT2D eigenvalue weighted by Crippen LogP contribution is 2.41. The molecular formula is C11H11NO3. The molecular weight excluding hydrogens is 194 g/mol. The van der Waals surface area contributed by atoms with Crippen LogP contribution in [0.2, 0.25) is 0 Å². The van der Waals surface area contributed by atoms with Crippen molar-refractivity contribution in [2.75, 3.05) is 0 Å². The van der Waals surface area contributed by atoms with Crippen molar-refractivity contribution in [2.24, 2.45) is 0 Å². The number of aliphatic carboxylic acids is 1. The van der Waals surface area contributed by atoms with Gasteiger partial charge in [-0.1, -0.05) is 6.07 Å². The summed E-state index contributed by atoms with van der Waals surface area (Å²) in [5.74, 6) is -0.939. The molecule has 0 radical (unpaired) electrons. The Morgan fingerprint density at radius 1 is 1.47 bits per heavy atom. The van der Waals surface area contributed by atoms with E-state index in [4.69, 9.17) is 5.11 Å². The smallest absolute Gasteiger partial charge is 0.315 e. The summed E-state index contributed by atoms with van der Waals surface area (Å²) in [7, 11) is 0. The topological polar surface area (TPSA) is 67.3 Å². The molecule has 15 heavy (non-hydrogen) atoms. The fourth-order valence-electron chi connectivity index (χ4n) is 1.85. The molecule has 0 aromatic carbocycles.